The Morgan fingerprint density at radius 2 is 1.90 bits per heavy atom. The molecule has 0 fully saturated rings. The van der Waals surface area contributed by atoms with Crippen LogP contribution in [0.3, 0.4) is 0 Å². The molecule has 0 saturated carbocycles. The maximum atomic E-state index is 11.7. The molecular formula is C15H25N3O2. The van der Waals surface area contributed by atoms with Crippen molar-refractivity contribution in [1.29, 1.82) is 0 Å². The van der Waals surface area contributed by atoms with E-state index in [9.17, 15) is 9.59 Å². The van der Waals surface area contributed by atoms with Gasteiger partial charge in [0.1, 0.15) is 11.6 Å². The summed E-state index contributed by atoms with van der Waals surface area (Å²) in [5.74, 6) is 0.530. The molecule has 5 heteroatoms. The lowest BCUT2D eigenvalue weighted by atomic mass is 10.1. The van der Waals surface area contributed by atoms with E-state index in [0.717, 1.165) is 25.0 Å². The molecule has 0 aromatic carbocycles. The first-order chi connectivity index (χ1) is 9.65. The molecule has 0 amide bonds. The molecule has 0 spiro atoms. The van der Waals surface area contributed by atoms with E-state index in [4.69, 9.17) is 0 Å². The molecule has 1 heterocycles. The number of rotatable bonds is 11. The number of carbonyl (C=O) groups excluding carboxylic acids is 2. The van der Waals surface area contributed by atoms with Gasteiger partial charge in [-0.2, -0.15) is 0 Å². The molecule has 1 aromatic rings. The first-order valence-corrected chi connectivity index (χ1v) is 7.58. The van der Waals surface area contributed by atoms with Crippen molar-refractivity contribution in [2.45, 2.75) is 71.8 Å². The van der Waals surface area contributed by atoms with Crippen molar-refractivity contribution in [2.24, 2.45) is 0 Å². The minimum absolute atomic E-state index is 0.230. The third-order valence-corrected chi connectivity index (χ3v) is 3.32. The van der Waals surface area contributed by atoms with Crippen molar-refractivity contribution in [1.82, 2.24) is 15.0 Å². The van der Waals surface area contributed by atoms with Crippen molar-refractivity contribution in [3.05, 3.63) is 11.9 Å². The van der Waals surface area contributed by atoms with E-state index < -0.39 is 0 Å². The third kappa shape index (κ3) is 6.59. The number of aryl methyl sites for hydroxylation is 2. The molecule has 0 unspecified atom stereocenters. The van der Waals surface area contributed by atoms with Crippen LogP contribution in [0.5, 0.6) is 0 Å². The number of hydrogen-bond donors (Lipinski definition) is 0. The SMILES string of the molecule is CCCCCC(=O)CCc1cn(CCC(=O)CC)nn1. The molecule has 0 aliphatic rings. The summed E-state index contributed by atoms with van der Waals surface area (Å²) in [6.07, 6.45) is 7.99. The number of ketones is 2. The van der Waals surface area contributed by atoms with Crippen LogP contribution in [0.25, 0.3) is 0 Å². The first-order valence-electron chi connectivity index (χ1n) is 7.58. The van der Waals surface area contributed by atoms with Gasteiger partial charge < -0.3 is 0 Å². The maximum Gasteiger partial charge on any atom is 0.134 e. The molecule has 1 aromatic heterocycles. The third-order valence-electron chi connectivity index (χ3n) is 3.32. The lowest BCUT2D eigenvalue weighted by Crippen LogP contribution is -2.05. The van der Waals surface area contributed by atoms with E-state index in [1.807, 2.05) is 13.1 Å². The Kier molecular flexibility index (Phi) is 7.77. The minimum atomic E-state index is 0.230. The van der Waals surface area contributed by atoms with Crippen molar-refractivity contribution in [2.75, 3.05) is 0 Å². The predicted octanol–water partition coefficient (Wildman–Crippen LogP) is 2.73. The summed E-state index contributed by atoms with van der Waals surface area (Å²) in [6, 6.07) is 0. The van der Waals surface area contributed by atoms with Gasteiger partial charge in [0, 0.05) is 38.4 Å². The van der Waals surface area contributed by atoms with E-state index >= 15 is 0 Å². The average molecular weight is 279 g/mol. The van der Waals surface area contributed by atoms with Gasteiger partial charge in [0.2, 0.25) is 0 Å². The first kappa shape index (κ1) is 16.5. The number of aromatic nitrogens is 3. The van der Waals surface area contributed by atoms with Crippen LogP contribution in [0.4, 0.5) is 0 Å². The predicted molar refractivity (Wildman–Crippen MR) is 77.4 cm³/mol. The van der Waals surface area contributed by atoms with Crippen LogP contribution in [-0.4, -0.2) is 26.6 Å². The van der Waals surface area contributed by atoms with Gasteiger partial charge in [0.25, 0.3) is 0 Å². The smallest absolute Gasteiger partial charge is 0.134 e. The summed E-state index contributed by atoms with van der Waals surface area (Å²) in [6.45, 7) is 4.56. The molecule has 1 rings (SSSR count). The standard InChI is InChI=1S/C15H25N3O2/c1-3-5-6-7-15(20)9-8-13-12-18(17-16-13)11-10-14(19)4-2/h12H,3-11H2,1-2H3. The fourth-order valence-electron chi connectivity index (χ4n) is 1.94. The molecular weight excluding hydrogens is 254 g/mol. The largest absolute Gasteiger partial charge is 0.300 e. The maximum absolute atomic E-state index is 11.7. The molecule has 0 bridgehead atoms. The number of nitrogens with zero attached hydrogens (tertiary/aromatic N) is 3. The van der Waals surface area contributed by atoms with Crippen LogP contribution in [0, 0.1) is 0 Å². The highest BCUT2D eigenvalue weighted by Crippen LogP contribution is 2.05. The number of hydrogen-bond acceptors (Lipinski definition) is 4. The minimum Gasteiger partial charge on any atom is -0.300 e. The molecule has 20 heavy (non-hydrogen) atoms. The van der Waals surface area contributed by atoms with E-state index in [1.165, 1.54) is 0 Å². The van der Waals surface area contributed by atoms with Gasteiger partial charge in [-0.15, -0.1) is 5.10 Å². The topological polar surface area (TPSA) is 64.8 Å². The molecule has 0 radical (unpaired) electrons. The van der Waals surface area contributed by atoms with Crippen LogP contribution in [0.15, 0.2) is 6.20 Å². The monoisotopic (exact) mass is 279 g/mol. The Bertz CT molecular complexity index is 427. The van der Waals surface area contributed by atoms with Gasteiger partial charge in [0.15, 0.2) is 0 Å². The van der Waals surface area contributed by atoms with Crippen molar-refractivity contribution in [3.63, 3.8) is 0 Å². The zero-order valence-corrected chi connectivity index (χ0v) is 12.6. The van der Waals surface area contributed by atoms with Gasteiger partial charge in [0.05, 0.1) is 5.69 Å². The van der Waals surface area contributed by atoms with Gasteiger partial charge in [-0.1, -0.05) is 31.9 Å². The number of carbonyl (C=O) groups is 2. The number of unbranched alkanes of at least 4 members (excludes halogenated alkanes) is 2. The Morgan fingerprint density at radius 1 is 1.10 bits per heavy atom. The van der Waals surface area contributed by atoms with Crippen LogP contribution >= 0.6 is 0 Å². The number of Topliss-reactive ketones (excluding diaryl/α,β-unsaturated/α-hetero) is 2. The summed E-state index contributed by atoms with van der Waals surface area (Å²) >= 11 is 0. The lowest BCUT2D eigenvalue weighted by molar-refractivity contribution is -0.119. The summed E-state index contributed by atoms with van der Waals surface area (Å²) < 4.78 is 1.68. The van der Waals surface area contributed by atoms with E-state index in [0.29, 0.717) is 44.4 Å². The Morgan fingerprint density at radius 3 is 2.60 bits per heavy atom. The Labute approximate surface area is 120 Å². The Balaban J connectivity index is 2.26. The van der Waals surface area contributed by atoms with Crippen molar-refractivity contribution >= 4 is 11.6 Å². The van der Waals surface area contributed by atoms with Gasteiger partial charge in [-0.05, 0) is 12.8 Å². The average Bonchev–Trinajstić information content (AvgIpc) is 2.91. The summed E-state index contributed by atoms with van der Waals surface area (Å²) in [5, 5.41) is 8.02. The van der Waals surface area contributed by atoms with Gasteiger partial charge in [-0.25, -0.2) is 0 Å². The summed E-state index contributed by atoms with van der Waals surface area (Å²) in [4.78, 5) is 22.9. The highest BCUT2D eigenvalue weighted by atomic mass is 16.1. The van der Waals surface area contributed by atoms with Gasteiger partial charge >= 0.3 is 0 Å². The Hall–Kier alpha value is -1.52. The van der Waals surface area contributed by atoms with Crippen molar-refractivity contribution < 1.29 is 9.59 Å². The van der Waals surface area contributed by atoms with Crippen LogP contribution in [-0.2, 0) is 22.6 Å². The highest BCUT2D eigenvalue weighted by Gasteiger charge is 2.06. The second-order valence-corrected chi connectivity index (χ2v) is 5.11. The van der Waals surface area contributed by atoms with E-state index in [1.54, 1.807) is 4.68 Å². The fraction of sp³-hybridized carbons (Fsp3) is 0.733. The highest BCUT2D eigenvalue weighted by molar-refractivity contribution is 5.78. The molecule has 0 atom stereocenters. The second kappa shape index (κ2) is 9.39. The van der Waals surface area contributed by atoms with Crippen LogP contribution in [0.2, 0.25) is 0 Å². The van der Waals surface area contributed by atoms with E-state index in [-0.39, 0.29) is 5.78 Å². The second-order valence-electron chi connectivity index (χ2n) is 5.11. The van der Waals surface area contributed by atoms with Crippen LogP contribution in [0.1, 0.15) is 64.5 Å². The molecule has 5 nitrogen and oxygen atoms in total. The normalized spacial score (nSPS) is 10.7. The molecule has 0 N–H and O–H groups in total. The molecule has 0 aliphatic carbocycles. The van der Waals surface area contributed by atoms with E-state index in [2.05, 4.69) is 17.2 Å². The zero-order chi connectivity index (χ0) is 14.8. The molecule has 112 valence electrons. The van der Waals surface area contributed by atoms with Crippen molar-refractivity contribution in [3.8, 4) is 0 Å². The van der Waals surface area contributed by atoms with Crippen LogP contribution < -0.4 is 0 Å². The molecule has 0 aliphatic heterocycles. The lowest BCUT2D eigenvalue weighted by Gasteiger charge is -1.99. The zero-order valence-electron chi connectivity index (χ0n) is 12.6. The summed E-state index contributed by atoms with van der Waals surface area (Å²) in [5.41, 5.74) is 0.831. The fourth-order valence-corrected chi connectivity index (χ4v) is 1.94. The quantitative estimate of drug-likeness (QED) is 0.584. The summed E-state index contributed by atoms with van der Waals surface area (Å²) in [7, 11) is 0. The van der Waals surface area contributed by atoms with Gasteiger partial charge in [-0.3, -0.25) is 14.3 Å². The molecule has 0 saturated heterocycles.